The van der Waals surface area contributed by atoms with E-state index in [1.165, 1.54) is 31.4 Å². The van der Waals surface area contributed by atoms with Crippen LogP contribution < -0.4 is 19.3 Å². The molecule has 5 rings (SSSR count). The average Bonchev–Trinajstić information content (AvgIpc) is 3.02. The van der Waals surface area contributed by atoms with E-state index in [4.69, 9.17) is 16.3 Å². The highest BCUT2D eigenvalue weighted by molar-refractivity contribution is 7.74. The Morgan fingerprint density at radius 3 is 2.51 bits per heavy atom. The van der Waals surface area contributed by atoms with Gasteiger partial charge in [0.15, 0.2) is 11.6 Å². The van der Waals surface area contributed by atoms with Crippen LogP contribution in [-0.4, -0.2) is 42.9 Å². The van der Waals surface area contributed by atoms with E-state index >= 15 is 0 Å². The van der Waals surface area contributed by atoms with Gasteiger partial charge in [0.1, 0.15) is 17.4 Å². The van der Waals surface area contributed by atoms with Crippen molar-refractivity contribution >= 4 is 62.4 Å². The van der Waals surface area contributed by atoms with Gasteiger partial charge in [-0.15, -0.1) is 0 Å². The maximum Gasteiger partial charge on any atom is 0.360 e. The molecule has 2 aromatic heterocycles. The number of hydrogen-bond acceptors (Lipinski definition) is 9. The van der Waals surface area contributed by atoms with Crippen LogP contribution in [0.2, 0.25) is 5.02 Å². The highest BCUT2D eigenvalue weighted by Crippen LogP contribution is 2.36. The standard InChI is InChI=1S/C29H23ClN8O4S/c1-42-22-9-10-23(30)26(18-22)34-27-28(35-25-8-3-2-7-24(25)33-27)38(43(40)41)21-6-4-5-20(17-21)29(39)36-37-32-16-13-19-11-14-31-15-12-19/h2-12,14-15,17-18,43H,13,16H2,1H3/p+1. The Bertz CT molecular complexity index is 1920. The fourth-order valence-corrected chi connectivity index (χ4v) is 4.82. The summed E-state index contributed by atoms with van der Waals surface area (Å²) in [6.07, 6.45) is 3.98. The second-order valence-electron chi connectivity index (χ2n) is 8.92. The summed E-state index contributed by atoms with van der Waals surface area (Å²) in [4.78, 5) is 29.6. The van der Waals surface area contributed by atoms with E-state index in [0.29, 0.717) is 40.5 Å². The third-order valence-electron chi connectivity index (χ3n) is 6.13. The van der Waals surface area contributed by atoms with Gasteiger partial charge in [0.05, 0.1) is 40.1 Å². The van der Waals surface area contributed by atoms with Gasteiger partial charge < -0.3 is 10.1 Å². The van der Waals surface area contributed by atoms with Gasteiger partial charge in [-0.25, -0.2) is 22.7 Å². The summed E-state index contributed by atoms with van der Waals surface area (Å²) in [7, 11) is -1.79. The average molecular weight is 616 g/mol. The number of ether oxygens (including phenoxy) is 1. The lowest BCUT2D eigenvalue weighted by atomic mass is 10.2. The molecule has 12 nitrogen and oxygen atoms in total. The summed E-state index contributed by atoms with van der Waals surface area (Å²) in [6, 6.07) is 21.7. The van der Waals surface area contributed by atoms with Crippen LogP contribution in [0.25, 0.3) is 11.0 Å². The molecule has 5 aromatic rings. The van der Waals surface area contributed by atoms with Gasteiger partial charge in [0.25, 0.3) is 0 Å². The molecule has 0 radical (unpaired) electrons. The van der Waals surface area contributed by atoms with Gasteiger partial charge in [0, 0.05) is 18.5 Å². The number of halogens is 1. The topological polar surface area (TPSA) is 153 Å². The SMILES string of the molecule is COc1ccc(Cl)c(Nc2nc3ccccc3nc2N(c2cccc(C(=O)N=[N+]=NCCc3ccncc3)c2)[SH](=O)=O)c1. The number of rotatable bonds is 10. The second-order valence-corrected chi connectivity index (χ2v) is 10.2. The molecule has 0 saturated carbocycles. The number of anilines is 4. The summed E-state index contributed by atoms with van der Waals surface area (Å²) in [5.41, 5.74) is 2.66. The largest absolute Gasteiger partial charge is 0.497 e. The van der Waals surface area contributed by atoms with Crippen LogP contribution in [-0.2, 0) is 17.3 Å². The number of nitrogens with zero attached hydrogens (tertiary/aromatic N) is 7. The molecular weight excluding hydrogens is 592 g/mol. The minimum absolute atomic E-state index is 0.0361. The van der Waals surface area contributed by atoms with Crippen molar-refractivity contribution in [3.63, 3.8) is 0 Å². The molecule has 0 aliphatic heterocycles. The van der Waals surface area contributed by atoms with Crippen molar-refractivity contribution in [2.75, 3.05) is 23.3 Å². The first-order valence-corrected chi connectivity index (χ1v) is 14.4. The summed E-state index contributed by atoms with van der Waals surface area (Å²) in [6.45, 7) is 0.332. The van der Waals surface area contributed by atoms with Gasteiger partial charge in [0.2, 0.25) is 20.9 Å². The van der Waals surface area contributed by atoms with E-state index < -0.39 is 16.8 Å². The number of pyridine rings is 1. The van der Waals surface area contributed by atoms with E-state index in [0.717, 1.165) is 9.87 Å². The van der Waals surface area contributed by atoms with Gasteiger partial charge in [-0.05, 0) is 66.6 Å². The maximum atomic E-state index is 12.8. The van der Waals surface area contributed by atoms with Crippen LogP contribution in [0.5, 0.6) is 5.75 Å². The Morgan fingerprint density at radius 2 is 1.77 bits per heavy atom. The zero-order valence-corrected chi connectivity index (χ0v) is 24.3. The van der Waals surface area contributed by atoms with Crippen molar-refractivity contribution < 1.29 is 17.9 Å². The third kappa shape index (κ3) is 7.16. The van der Waals surface area contributed by atoms with E-state index in [1.54, 1.807) is 54.9 Å². The molecule has 1 amide bonds. The molecule has 2 heterocycles. The lowest BCUT2D eigenvalue weighted by molar-refractivity contribution is 0.0992. The molecule has 1 N–H and O–H groups in total. The lowest BCUT2D eigenvalue weighted by Crippen LogP contribution is -2.19. The molecule has 0 spiro atoms. The van der Waals surface area contributed by atoms with E-state index in [-0.39, 0.29) is 22.9 Å². The number of methoxy groups -OCH3 is 1. The molecule has 3 aromatic carbocycles. The highest BCUT2D eigenvalue weighted by Gasteiger charge is 2.23. The number of fused-ring (bicyclic) bond motifs is 1. The van der Waals surface area contributed by atoms with Gasteiger partial charge >= 0.3 is 5.91 Å². The normalized spacial score (nSPS) is 10.7. The van der Waals surface area contributed by atoms with Gasteiger partial charge in [-0.1, -0.05) is 29.8 Å². The monoisotopic (exact) mass is 615 g/mol. The number of carbonyl (C=O) groups is 1. The highest BCUT2D eigenvalue weighted by atomic mass is 35.5. The van der Waals surface area contributed by atoms with Gasteiger partial charge in [-0.2, -0.15) is 0 Å². The predicted molar refractivity (Wildman–Crippen MR) is 164 cm³/mol. The smallest absolute Gasteiger partial charge is 0.360 e. The van der Waals surface area contributed by atoms with E-state index in [9.17, 15) is 13.2 Å². The Hall–Kier alpha value is -5.23. The predicted octanol–water partition coefficient (Wildman–Crippen LogP) is 5.45. The minimum atomic E-state index is -3.30. The van der Waals surface area contributed by atoms with Crippen LogP contribution in [0, 0.1) is 0 Å². The number of hydrogen-bond donors (Lipinski definition) is 2. The molecule has 14 heteroatoms. The summed E-state index contributed by atoms with van der Waals surface area (Å²) < 4.78 is 31.7. The first kappa shape index (κ1) is 29.3. The number of nitrogens with one attached hydrogen (secondary N) is 1. The zero-order chi connectivity index (χ0) is 30.2. The molecule has 216 valence electrons. The van der Waals surface area contributed by atoms with Crippen molar-refractivity contribution in [2.45, 2.75) is 6.42 Å². The quantitative estimate of drug-likeness (QED) is 0.119. The Balaban J connectivity index is 1.48. The maximum absolute atomic E-state index is 12.8. The van der Waals surface area contributed by atoms with E-state index in [1.807, 2.05) is 12.1 Å². The fourth-order valence-electron chi connectivity index (χ4n) is 4.04. The first-order chi connectivity index (χ1) is 20.9. The zero-order valence-electron chi connectivity index (χ0n) is 22.7. The van der Waals surface area contributed by atoms with Crippen LogP contribution >= 0.6 is 11.6 Å². The van der Waals surface area contributed by atoms with Crippen LogP contribution in [0.1, 0.15) is 15.9 Å². The molecule has 0 unspecified atom stereocenters. The van der Waals surface area contributed by atoms with Gasteiger partial charge in [-0.3, -0.25) is 9.78 Å². The Morgan fingerprint density at radius 1 is 1.00 bits per heavy atom. The number of thiol groups is 1. The van der Waals surface area contributed by atoms with Crippen molar-refractivity contribution in [1.29, 1.82) is 0 Å². The molecule has 0 fully saturated rings. The molecular formula is C29H24ClN8O4S+. The number of carbonyl (C=O) groups excluding carboxylic acids is 1. The summed E-state index contributed by atoms with van der Waals surface area (Å²) >= 11 is 6.41. The molecule has 0 atom stereocenters. The molecule has 0 saturated heterocycles. The molecule has 0 aliphatic rings. The van der Waals surface area contributed by atoms with Crippen LogP contribution in [0.3, 0.4) is 0 Å². The summed E-state index contributed by atoms with van der Waals surface area (Å²) in [5.74, 6) is -0.0939. The molecule has 0 aliphatic carbocycles. The lowest BCUT2D eigenvalue weighted by Gasteiger charge is -2.21. The summed E-state index contributed by atoms with van der Waals surface area (Å²) in [5, 5.41) is 11.0. The van der Waals surface area contributed by atoms with Crippen molar-refractivity contribution in [1.82, 2.24) is 19.9 Å². The second kappa shape index (κ2) is 13.6. The minimum Gasteiger partial charge on any atom is -0.497 e. The Labute approximate surface area is 252 Å². The Kier molecular flexibility index (Phi) is 9.27. The third-order valence-corrected chi connectivity index (χ3v) is 7.21. The molecule has 0 bridgehead atoms. The van der Waals surface area contributed by atoms with Crippen molar-refractivity contribution in [3.8, 4) is 5.75 Å². The molecule has 43 heavy (non-hydrogen) atoms. The number of amides is 1. The van der Waals surface area contributed by atoms with Crippen molar-refractivity contribution in [2.24, 2.45) is 10.2 Å². The first-order valence-electron chi connectivity index (χ1n) is 12.9. The fraction of sp³-hybridized carbons (Fsp3) is 0.103. The van der Waals surface area contributed by atoms with Crippen LogP contribution in [0.15, 0.2) is 101 Å². The number of benzene rings is 3. The number of para-hydroxylation sites is 2. The van der Waals surface area contributed by atoms with Crippen molar-refractivity contribution in [3.05, 3.63) is 107 Å². The number of aromatic nitrogens is 3. The van der Waals surface area contributed by atoms with E-state index in [2.05, 4.69) is 35.4 Å². The van der Waals surface area contributed by atoms with Crippen LogP contribution in [0.4, 0.5) is 23.0 Å².